The van der Waals surface area contributed by atoms with Crippen molar-refractivity contribution >= 4 is 0 Å². The maximum Gasteiger partial charge on any atom is 0.0964 e. The number of aliphatic hydroxyl groups is 1. The summed E-state index contributed by atoms with van der Waals surface area (Å²) in [6, 6.07) is 10.0. The van der Waals surface area contributed by atoms with Crippen LogP contribution in [0.15, 0.2) is 30.3 Å². The third-order valence-corrected chi connectivity index (χ3v) is 4.88. The van der Waals surface area contributed by atoms with Gasteiger partial charge >= 0.3 is 0 Å². The van der Waals surface area contributed by atoms with Gasteiger partial charge in [-0.3, -0.25) is 0 Å². The van der Waals surface area contributed by atoms with Gasteiger partial charge in [-0.15, -0.1) is 0 Å². The number of benzene rings is 1. The van der Waals surface area contributed by atoms with Gasteiger partial charge in [-0.25, -0.2) is 0 Å². The molecular weight excluding hydrogens is 210 g/mol. The molecule has 1 aliphatic rings. The molecule has 1 aliphatic carbocycles. The largest absolute Gasteiger partial charge is 0.385 e. The van der Waals surface area contributed by atoms with Crippen molar-refractivity contribution in [3.05, 3.63) is 35.9 Å². The van der Waals surface area contributed by atoms with Crippen LogP contribution in [-0.4, -0.2) is 11.7 Å². The maximum atomic E-state index is 11.2. The molecule has 0 saturated heterocycles. The molecule has 0 spiro atoms. The van der Waals surface area contributed by atoms with Crippen molar-refractivity contribution < 1.29 is 5.11 Å². The molecule has 1 aromatic rings. The Bertz CT molecular complexity index is 378. The van der Waals surface area contributed by atoms with Gasteiger partial charge in [-0.2, -0.15) is 0 Å². The van der Waals surface area contributed by atoms with Crippen LogP contribution in [0.3, 0.4) is 0 Å². The first kappa shape index (κ1) is 12.6. The van der Waals surface area contributed by atoms with Crippen LogP contribution in [0.2, 0.25) is 0 Å². The van der Waals surface area contributed by atoms with Crippen molar-refractivity contribution in [2.24, 2.45) is 17.1 Å². The van der Waals surface area contributed by atoms with Gasteiger partial charge in [0, 0.05) is 12.0 Å². The molecule has 3 unspecified atom stereocenters. The minimum absolute atomic E-state index is 0.230. The third-order valence-electron chi connectivity index (χ3n) is 4.88. The van der Waals surface area contributed by atoms with Gasteiger partial charge < -0.3 is 10.8 Å². The standard InChI is InChI=1S/C15H23NO/c1-12-7-6-10-15(17,14(12,2)11-16)13-8-4-3-5-9-13/h3-5,8-9,12,17H,6-7,10-11,16H2,1-2H3. The summed E-state index contributed by atoms with van der Waals surface area (Å²) in [4.78, 5) is 0. The predicted molar refractivity (Wildman–Crippen MR) is 70.5 cm³/mol. The summed E-state index contributed by atoms with van der Waals surface area (Å²) >= 11 is 0. The Balaban J connectivity index is 2.47. The number of rotatable bonds is 2. The van der Waals surface area contributed by atoms with Crippen LogP contribution in [0.1, 0.15) is 38.7 Å². The van der Waals surface area contributed by atoms with E-state index in [0.717, 1.165) is 24.8 Å². The van der Waals surface area contributed by atoms with Crippen LogP contribution in [0.4, 0.5) is 0 Å². The molecule has 2 nitrogen and oxygen atoms in total. The Morgan fingerprint density at radius 1 is 1.35 bits per heavy atom. The van der Waals surface area contributed by atoms with Gasteiger partial charge in [0.2, 0.25) is 0 Å². The smallest absolute Gasteiger partial charge is 0.0964 e. The molecule has 0 heterocycles. The Hall–Kier alpha value is -0.860. The lowest BCUT2D eigenvalue weighted by Crippen LogP contribution is -2.54. The van der Waals surface area contributed by atoms with Gasteiger partial charge in [-0.05, 0) is 30.7 Å². The zero-order valence-corrected chi connectivity index (χ0v) is 10.8. The molecular formula is C15H23NO. The van der Waals surface area contributed by atoms with Crippen molar-refractivity contribution in [3.8, 4) is 0 Å². The van der Waals surface area contributed by atoms with Crippen molar-refractivity contribution in [1.29, 1.82) is 0 Å². The molecule has 17 heavy (non-hydrogen) atoms. The van der Waals surface area contributed by atoms with Gasteiger partial charge in [0.05, 0.1) is 5.60 Å². The van der Waals surface area contributed by atoms with Crippen LogP contribution in [0.25, 0.3) is 0 Å². The van der Waals surface area contributed by atoms with E-state index in [1.165, 1.54) is 0 Å². The quantitative estimate of drug-likeness (QED) is 0.825. The number of hydrogen-bond acceptors (Lipinski definition) is 2. The predicted octanol–water partition coefficient (Wildman–Crippen LogP) is 2.66. The van der Waals surface area contributed by atoms with Crippen LogP contribution < -0.4 is 5.73 Å². The highest BCUT2D eigenvalue weighted by Crippen LogP contribution is 2.52. The molecule has 0 bridgehead atoms. The summed E-state index contributed by atoms with van der Waals surface area (Å²) in [5, 5.41) is 11.2. The fraction of sp³-hybridized carbons (Fsp3) is 0.600. The minimum atomic E-state index is -0.777. The Kier molecular flexibility index (Phi) is 3.28. The average molecular weight is 233 g/mol. The molecule has 1 fully saturated rings. The molecule has 0 aliphatic heterocycles. The zero-order chi connectivity index (χ0) is 12.5. The lowest BCUT2D eigenvalue weighted by atomic mass is 9.57. The topological polar surface area (TPSA) is 46.2 Å². The lowest BCUT2D eigenvalue weighted by Gasteiger charge is -2.52. The fourth-order valence-electron chi connectivity index (χ4n) is 3.23. The molecule has 1 saturated carbocycles. The first-order valence-electron chi connectivity index (χ1n) is 6.52. The Morgan fingerprint density at radius 3 is 2.59 bits per heavy atom. The number of hydrogen-bond donors (Lipinski definition) is 2. The molecule has 0 amide bonds. The van der Waals surface area contributed by atoms with Crippen molar-refractivity contribution in [2.45, 2.75) is 38.7 Å². The highest BCUT2D eigenvalue weighted by atomic mass is 16.3. The van der Waals surface area contributed by atoms with Crippen LogP contribution >= 0.6 is 0 Å². The van der Waals surface area contributed by atoms with Gasteiger partial charge in [0.15, 0.2) is 0 Å². The van der Waals surface area contributed by atoms with Crippen LogP contribution in [-0.2, 0) is 5.60 Å². The summed E-state index contributed by atoms with van der Waals surface area (Å²) in [7, 11) is 0. The fourth-order valence-corrected chi connectivity index (χ4v) is 3.23. The lowest BCUT2D eigenvalue weighted by molar-refractivity contribution is -0.134. The van der Waals surface area contributed by atoms with E-state index in [9.17, 15) is 5.11 Å². The van der Waals surface area contributed by atoms with Gasteiger partial charge in [-0.1, -0.05) is 44.2 Å². The highest BCUT2D eigenvalue weighted by molar-refractivity contribution is 5.26. The van der Waals surface area contributed by atoms with Crippen molar-refractivity contribution in [2.75, 3.05) is 6.54 Å². The maximum absolute atomic E-state index is 11.2. The number of nitrogens with two attached hydrogens (primary N) is 1. The summed E-state index contributed by atoms with van der Waals surface area (Å²) in [5.41, 5.74) is 5.99. The van der Waals surface area contributed by atoms with E-state index >= 15 is 0 Å². The third kappa shape index (κ3) is 1.80. The molecule has 94 valence electrons. The highest BCUT2D eigenvalue weighted by Gasteiger charge is 2.52. The van der Waals surface area contributed by atoms with Crippen LogP contribution in [0.5, 0.6) is 0 Å². The second kappa shape index (κ2) is 4.43. The molecule has 3 N–H and O–H groups in total. The molecule has 2 rings (SSSR count). The van der Waals surface area contributed by atoms with Crippen molar-refractivity contribution in [1.82, 2.24) is 0 Å². The normalized spacial score (nSPS) is 38.0. The van der Waals surface area contributed by atoms with E-state index in [-0.39, 0.29) is 5.41 Å². The summed E-state index contributed by atoms with van der Waals surface area (Å²) in [6.07, 6.45) is 3.04. The van der Waals surface area contributed by atoms with Gasteiger partial charge in [0.25, 0.3) is 0 Å². The molecule has 2 heteroatoms. The Labute approximate surface area is 104 Å². The first-order chi connectivity index (χ1) is 8.04. The monoisotopic (exact) mass is 233 g/mol. The minimum Gasteiger partial charge on any atom is -0.385 e. The van der Waals surface area contributed by atoms with Crippen molar-refractivity contribution in [3.63, 3.8) is 0 Å². The average Bonchev–Trinajstić information content (AvgIpc) is 2.37. The van der Waals surface area contributed by atoms with E-state index in [0.29, 0.717) is 12.5 Å². The zero-order valence-electron chi connectivity index (χ0n) is 10.8. The van der Waals surface area contributed by atoms with Gasteiger partial charge in [0.1, 0.15) is 0 Å². The Morgan fingerprint density at radius 2 is 2.00 bits per heavy atom. The molecule has 1 aromatic carbocycles. The van der Waals surface area contributed by atoms with Crippen LogP contribution in [0, 0.1) is 11.3 Å². The first-order valence-corrected chi connectivity index (χ1v) is 6.52. The SMILES string of the molecule is CC1CCCC(O)(c2ccccc2)C1(C)CN. The second-order valence-corrected chi connectivity index (χ2v) is 5.64. The van der Waals surface area contributed by atoms with E-state index in [1.54, 1.807) is 0 Å². The summed E-state index contributed by atoms with van der Waals surface area (Å²) < 4.78 is 0. The summed E-state index contributed by atoms with van der Waals surface area (Å²) in [5.74, 6) is 0.450. The second-order valence-electron chi connectivity index (χ2n) is 5.64. The summed E-state index contributed by atoms with van der Waals surface area (Å²) in [6.45, 7) is 4.86. The molecule has 0 radical (unpaired) electrons. The van der Waals surface area contributed by atoms with E-state index in [4.69, 9.17) is 5.73 Å². The molecule has 0 aromatic heterocycles. The van der Waals surface area contributed by atoms with E-state index in [2.05, 4.69) is 13.8 Å². The molecule has 3 atom stereocenters. The van der Waals surface area contributed by atoms with E-state index < -0.39 is 5.60 Å². The van der Waals surface area contributed by atoms with E-state index in [1.807, 2.05) is 30.3 Å².